The molecule has 1 unspecified atom stereocenters. The summed E-state index contributed by atoms with van der Waals surface area (Å²) in [6, 6.07) is 5.68. The molecule has 2 nitrogen and oxygen atoms in total. The summed E-state index contributed by atoms with van der Waals surface area (Å²) in [5.74, 6) is 0.433. The molecule has 0 spiro atoms. The lowest BCUT2D eigenvalue weighted by molar-refractivity contribution is 0.329. The van der Waals surface area contributed by atoms with E-state index in [0.29, 0.717) is 18.5 Å². The molecule has 21 heavy (non-hydrogen) atoms. The Labute approximate surface area is 129 Å². The molecule has 0 amide bonds. The first kappa shape index (κ1) is 18.0. The molecule has 1 N–H and O–H groups in total. The average Bonchev–Trinajstić information content (AvgIpc) is 2.37. The Bertz CT molecular complexity index is 449. The molecule has 0 aliphatic carbocycles. The second kappa shape index (κ2) is 7.26. The van der Waals surface area contributed by atoms with Gasteiger partial charge in [0.15, 0.2) is 0 Å². The molecule has 0 aliphatic heterocycles. The van der Waals surface area contributed by atoms with E-state index < -0.39 is 0 Å². The summed E-state index contributed by atoms with van der Waals surface area (Å²) in [6.45, 7) is 14.6. The van der Waals surface area contributed by atoms with E-state index in [9.17, 15) is 4.39 Å². The number of nitrogens with one attached hydrogen (secondary N) is 1. The van der Waals surface area contributed by atoms with Gasteiger partial charge in [-0.15, -0.1) is 0 Å². The van der Waals surface area contributed by atoms with E-state index in [4.69, 9.17) is 0 Å². The Morgan fingerprint density at radius 2 is 1.81 bits per heavy atom. The summed E-state index contributed by atoms with van der Waals surface area (Å²) in [7, 11) is 2.05. The molecular weight excluding hydrogens is 263 g/mol. The van der Waals surface area contributed by atoms with Crippen LogP contribution in [0.15, 0.2) is 18.2 Å². The zero-order chi connectivity index (χ0) is 16.2. The Morgan fingerprint density at radius 1 is 1.19 bits per heavy atom. The van der Waals surface area contributed by atoms with Crippen LogP contribution in [0, 0.1) is 17.2 Å². The van der Waals surface area contributed by atoms with Gasteiger partial charge in [0.25, 0.3) is 0 Å². The molecule has 0 saturated heterocycles. The van der Waals surface area contributed by atoms with Crippen LogP contribution in [0.3, 0.4) is 0 Å². The van der Waals surface area contributed by atoms with Crippen LogP contribution >= 0.6 is 0 Å². The largest absolute Gasteiger partial charge is 0.371 e. The van der Waals surface area contributed by atoms with Crippen molar-refractivity contribution in [3.63, 3.8) is 0 Å². The highest BCUT2D eigenvalue weighted by atomic mass is 19.1. The highest BCUT2D eigenvalue weighted by molar-refractivity contribution is 5.54. The first-order valence-corrected chi connectivity index (χ1v) is 7.85. The van der Waals surface area contributed by atoms with Crippen LogP contribution in [-0.4, -0.2) is 19.6 Å². The molecule has 1 aromatic carbocycles. The van der Waals surface area contributed by atoms with E-state index in [0.717, 1.165) is 17.8 Å². The lowest BCUT2D eigenvalue weighted by atomic mass is 9.86. The van der Waals surface area contributed by atoms with Crippen molar-refractivity contribution >= 4 is 5.69 Å². The molecule has 0 aliphatic rings. The van der Waals surface area contributed by atoms with Crippen LogP contribution in [0.5, 0.6) is 0 Å². The molecule has 0 radical (unpaired) electrons. The van der Waals surface area contributed by atoms with Crippen LogP contribution < -0.4 is 10.2 Å². The number of halogens is 1. The molecule has 120 valence electrons. The van der Waals surface area contributed by atoms with Gasteiger partial charge in [0, 0.05) is 30.9 Å². The van der Waals surface area contributed by atoms with Gasteiger partial charge < -0.3 is 10.2 Å². The number of nitrogens with zero attached hydrogens (tertiary/aromatic N) is 1. The number of hydrogen-bond donors (Lipinski definition) is 1. The summed E-state index contributed by atoms with van der Waals surface area (Å²) in [5.41, 5.74) is 1.88. The predicted molar refractivity (Wildman–Crippen MR) is 90.3 cm³/mol. The van der Waals surface area contributed by atoms with Gasteiger partial charge in [-0.05, 0) is 36.9 Å². The topological polar surface area (TPSA) is 15.3 Å². The molecule has 0 saturated carbocycles. The molecule has 0 bridgehead atoms. The first-order chi connectivity index (χ1) is 9.64. The van der Waals surface area contributed by atoms with E-state index in [2.05, 4.69) is 58.8 Å². The Hall–Kier alpha value is -1.09. The molecule has 0 heterocycles. The smallest absolute Gasteiger partial charge is 0.129 e. The fourth-order valence-corrected chi connectivity index (χ4v) is 2.33. The maximum absolute atomic E-state index is 14.2. The summed E-state index contributed by atoms with van der Waals surface area (Å²) in [6.07, 6.45) is 0. The number of benzene rings is 1. The van der Waals surface area contributed by atoms with E-state index in [1.165, 1.54) is 0 Å². The van der Waals surface area contributed by atoms with E-state index in [1.807, 2.05) is 6.07 Å². The van der Waals surface area contributed by atoms with Gasteiger partial charge in [-0.25, -0.2) is 4.39 Å². The van der Waals surface area contributed by atoms with Crippen molar-refractivity contribution in [2.24, 2.45) is 11.3 Å². The Morgan fingerprint density at radius 3 is 2.33 bits per heavy atom. The standard InChI is InChI=1S/C18H31FN2/c1-13(2)11-20-12-15-16(19)9-8-10-17(15)21(7)14(3)18(4,5)6/h8-10,13-14,20H,11-12H2,1-7H3. The van der Waals surface area contributed by atoms with Crippen LogP contribution in [0.25, 0.3) is 0 Å². The fourth-order valence-electron chi connectivity index (χ4n) is 2.33. The minimum absolute atomic E-state index is 0.128. The van der Waals surface area contributed by atoms with Gasteiger partial charge in [0.1, 0.15) is 5.82 Å². The summed E-state index contributed by atoms with van der Waals surface area (Å²) >= 11 is 0. The van der Waals surface area contributed by atoms with Crippen LogP contribution in [0.2, 0.25) is 0 Å². The van der Waals surface area contributed by atoms with Crippen molar-refractivity contribution in [2.75, 3.05) is 18.5 Å². The molecule has 0 fully saturated rings. The zero-order valence-electron chi connectivity index (χ0n) is 14.6. The molecule has 1 aromatic rings. The molecule has 3 heteroatoms. The third kappa shape index (κ3) is 4.99. The predicted octanol–water partition coefficient (Wildman–Crippen LogP) is 4.44. The van der Waals surface area contributed by atoms with Gasteiger partial charge in [0.05, 0.1) is 0 Å². The van der Waals surface area contributed by atoms with Crippen molar-refractivity contribution in [3.8, 4) is 0 Å². The quantitative estimate of drug-likeness (QED) is 0.834. The Kier molecular flexibility index (Phi) is 6.21. The second-order valence-electron chi connectivity index (χ2n) is 7.42. The van der Waals surface area contributed by atoms with Crippen molar-refractivity contribution in [3.05, 3.63) is 29.6 Å². The minimum atomic E-state index is -0.128. The number of rotatable bonds is 6. The van der Waals surface area contributed by atoms with Crippen molar-refractivity contribution in [1.82, 2.24) is 5.32 Å². The van der Waals surface area contributed by atoms with E-state index in [1.54, 1.807) is 12.1 Å². The molecule has 1 atom stereocenters. The van der Waals surface area contributed by atoms with Crippen molar-refractivity contribution in [2.45, 2.75) is 54.1 Å². The number of anilines is 1. The summed E-state index contributed by atoms with van der Waals surface area (Å²) in [5, 5.41) is 3.35. The third-order valence-electron chi connectivity index (χ3n) is 4.16. The fraction of sp³-hybridized carbons (Fsp3) is 0.667. The van der Waals surface area contributed by atoms with Gasteiger partial charge in [-0.1, -0.05) is 40.7 Å². The first-order valence-electron chi connectivity index (χ1n) is 7.85. The molecule has 0 aromatic heterocycles. The third-order valence-corrected chi connectivity index (χ3v) is 4.16. The van der Waals surface area contributed by atoms with Crippen molar-refractivity contribution in [1.29, 1.82) is 0 Å². The normalized spacial score (nSPS) is 13.6. The van der Waals surface area contributed by atoms with E-state index in [-0.39, 0.29) is 11.2 Å². The summed E-state index contributed by atoms with van der Waals surface area (Å²) < 4.78 is 14.2. The highest BCUT2D eigenvalue weighted by Crippen LogP contribution is 2.30. The molecule has 1 rings (SSSR count). The van der Waals surface area contributed by atoms with E-state index >= 15 is 0 Å². The zero-order valence-corrected chi connectivity index (χ0v) is 14.6. The number of hydrogen-bond acceptors (Lipinski definition) is 2. The Balaban J connectivity index is 2.98. The lowest BCUT2D eigenvalue weighted by Crippen LogP contribution is -2.40. The summed E-state index contributed by atoms with van der Waals surface area (Å²) in [4.78, 5) is 2.19. The van der Waals surface area contributed by atoms with Crippen LogP contribution in [0.4, 0.5) is 10.1 Å². The average molecular weight is 294 g/mol. The lowest BCUT2D eigenvalue weighted by Gasteiger charge is -2.38. The maximum atomic E-state index is 14.2. The van der Waals surface area contributed by atoms with Gasteiger partial charge in [0.2, 0.25) is 0 Å². The van der Waals surface area contributed by atoms with Gasteiger partial charge >= 0.3 is 0 Å². The SMILES string of the molecule is CC(C)CNCc1c(F)cccc1N(C)C(C)C(C)(C)C. The monoisotopic (exact) mass is 294 g/mol. The van der Waals surface area contributed by atoms with Crippen LogP contribution in [0.1, 0.15) is 47.1 Å². The molecular formula is C18H31FN2. The van der Waals surface area contributed by atoms with Crippen LogP contribution in [-0.2, 0) is 6.54 Å². The maximum Gasteiger partial charge on any atom is 0.129 e. The second-order valence-corrected chi connectivity index (χ2v) is 7.42. The van der Waals surface area contributed by atoms with Crippen molar-refractivity contribution < 1.29 is 4.39 Å². The van der Waals surface area contributed by atoms with Gasteiger partial charge in [-0.2, -0.15) is 0 Å². The highest BCUT2D eigenvalue weighted by Gasteiger charge is 2.25. The minimum Gasteiger partial charge on any atom is -0.371 e. The van der Waals surface area contributed by atoms with Gasteiger partial charge in [-0.3, -0.25) is 0 Å².